The average molecular weight is 1050 g/mol. The number of hydrogen-bond acceptors (Lipinski definition) is 10. The molecule has 10 aliphatic rings. The minimum absolute atomic E-state index is 0.183. The van der Waals surface area contributed by atoms with Crippen LogP contribution in [0, 0.1) is 23.7 Å². The normalized spacial score (nSPS) is 37.2. The number of fused-ring (bicyclic) bond motifs is 30. The molecule has 1 aromatic carbocycles. The summed E-state index contributed by atoms with van der Waals surface area (Å²) >= 11 is 0. The Labute approximate surface area is 455 Å². The van der Waals surface area contributed by atoms with Gasteiger partial charge in [0.15, 0.2) is 0 Å². The number of aliphatic hydroxyl groups is 4. The fourth-order valence-electron chi connectivity index (χ4n) is 16.8. The molecule has 4 aromatic heterocycles. The molecule has 5 saturated heterocycles. The second kappa shape index (κ2) is 20.2. The average Bonchev–Trinajstić information content (AvgIpc) is 4.36. The number of nitrogens with one attached hydrogen (secondary N) is 9. The highest BCUT2D eigenvalue weighted by atomic mass is 16.3. The van der Waals surface area contributed by atoms with Crippen molar-refractivity contribution in [3.05, 3.63) is 159 Å². The van der Waals surface area contributed by atoms with Crippen LogP contribution in [0.1, 0.15) is 124 Å². The largest absolute Gasteiger partial charge is 0.392 e. The minimum atomic E-state index is -0.890. The minimum Gasteiger partial charge on any atom is -0.392 e. The number of rotatable bonds is 2. The number of aliphatic hydroxyl groups excluding tert-OH is 4. The molecule has 16 unspecified atom stereocenters. The van der Waals surface area contributed by atoms with E-state index in [0.29, 0.717) is 23.4 Å². The van der Waals surface area contributed by atoms with Crippen molar-refractivity contribution in [3.63, 3.8) is 0 Å². The van der Waals surface area contributed by atoms with Gasteiger partial charge in [0, 0.05) is 127 Å². The molecule has 4 aliphatic carbocycles. The van der Waals surface area contributed by atoms with Crippen molar-refractivity contribution in [3.8, 4) is 0 Å². The van der Waals surface area contributed by atoms with Crippen molar-refractivity contribution in [2.24, 2.45) is 28.7 Å². The zero-order valence-electron chi connectivity index (χ0n) is 44.3. The van der Waals surface area contributed by atoms with Gasteiger partial charge >= 0.3 is 0 Å². The SMILES string of the molecule is OC1C2=CC=CC1=c1ccc([nH]1)=Nc1ccc([nH]1)C1=CC=CC(=c3ccc([nH]3)=C(c3ccc(C4C5CCC(N5)C5CCCC(C6CCC(NC7CCC(N7)C7CCCC(C8CCC4N8)C7O)N6)C5O)cc3)c3ccc2[nH]3)C1O. The molecule has 0 amide bonds. The number of H-pyrrole nitrogens is 4. The van der Waals surface area contributed by atoms with Gasteiger partial charge < -0.3 is 51.0 Å². The summed E-state index contributed by atoms with van der Waals surface area (Å²) in [5.41, 5.74) is 9.50. The van der Waals surface area contributed by atoms with Crippen molar-refractivity contribution >= 4 is 33.7 Å². The number of benzene rings is 1. The summed E-state index contributed by atoms with van der Waals surface area (Å²) in [5.74, 6) is 1.79. The van der Waals surface area contributed by atoms with Crippen molar-refractivity contribution in [1.29, 1.82) is 0 Å². The highest BCUT2D eigenvalue weighted by molar-refractivity contribution is 5.87. The van der Waals surface area contributed by atoms with Gasteiger partial charge in [0.2, 0.25) is 0 Å². The van der Waals surface area contributed by atoms with Gasteiger partial charge in [-0.25, -0.2) is 4.99 Å². The van der Waals surface area contributed by atoms with E-state index in [4.69, 9.17) is 4.99 Å². The summed E-state index contributed by atoms with van der Waals surface area (Å²) < 4.78 is 0. The van der Waals surface area contributed by atoms with Crippen LogP contribution in [0.4, 0.5) is 5.82 Å². The first kappa shape index (κ1) is 49.4. The molecule has 78 heavy (non-hydrogen) atoms. The maximum absolute atomic E-state index is 12.4. The quantitative estimate of drug-likeness (QED) is 0.120. The van der Waals surface area contributed by atoms with Crippen LogP contribution in [0.3, 0.4) is 0 Å². The summed E-state index contributed by atoms with van der Waals surface area (Å²) in [4.78, 5) is 19.2. The topological polar surface area (TPSA) is 217 Å². The van der Waals surface area contributed by atoms with E-state index in [2.05, 4.69) is 95.1 Å². The van der Waals surface area contributed by atoms with E-state index >= 15 is 0 Å². The second-order valence-corrected chi connectivity index (χ2v) is 24.8. The van der Waals surface area contributed by atoms with Crippen LogP contribution in [-0.4, -0.2) is 113 Å². The molecule has 7 fully saturated rings. The zero-order valence-corrected chi connectivity index (χ0v) is 44.3. The first-order valence-corrected chi connectivity index (χ1v) is 29.7. The van der Waals surface area contributed by atoms with Crippen LogP contribution in [0.15, 0.2) is 114 Å². The Morgan fingerprint density at radius 1 is 0.410 bits per heavy atom. The number of nitrogens with zero attached hydrogens (tertiary/aromatic N) is 1. The van der Waals surface area contributed by atoms with Crippen LogP contribution < -0.4 is 48.1 Å². The summed E-state index contributed by atoms with van der Waals surface area (Å²) in [7, 11) is 0. The summed E-state index contributed by atoms with van der Waals surface area (Å²) in [5, 5.41) is 71.7. The second-order valence-electron chi connectivity index (χ2n) is 24.8. The van der Waals surface area contributed by atoms with Gasteiger partial charge in [-0.05, 0) is 137 Å². The maximum Gasteiger partial charge on any atom is 0.132 e. The summed E-state index contributed by atoms with van der Waals surface area (Å²) in [6.45, 7) is 0. The van der Waals surface area contributed by atoms with Crippen LogP contribution in [0.2, 0.25) is 0 Å². The molecule has 6 aliphatic heterocycles. The Balaban J connectivity index is 0.806. The van der Waals surface area contributed by atoms with Gasteiger partial charge in [0.25, 0.3) is 0 Å². The van der Waals surface area contributed by atoms with Gasteiger partial charge in [0.05, 0.1) is 24.5 Å². The Morgan fingerprint density at radius 3 is 1.53 bits per heavy atom. The summed E-state index contributed by atoms with van der Waals surface area (Å²) in [6.07, 6.45) is 25.0. The Kier molecular flexibility index (Phi) is 12.8. The third-order valence-electron chi connectivity index (χ3n) is 20.6. The third-order valence-corrected chi connectivity index (χ3v) is 20.6. The van der Waals surface area contributed by atoms with E-state index in [-0.39, 0.29) is 78.3 Å². The summed E-state index contributed by atoms with van der Waals surface area (Å²) in [6, 6.07) is 27.0. The molecule has 2 saturated carbocycles. The number of aromatic amines is 4. The van der Waals surface area contributed by atoms with Crippen LogP contribution in [-0.2, 0) is 0 Å². The van der Waals surface area contributed by atoms with E-state index in [9.17, 15) is 20.4 Å². The molecule has 16 atom stereocenters. The first-order valence-electron chi connectivity index (χ1n) is 29.7. The number of hydrogen-bond donors (Lipinski definition) is 13. The smallest absolute Gasteiger partial charge is 0.132 e. The molecule has 0 radical (unpaired) electrons. The van der Waals surface area contributed by atoms with E-state index in [1.807, 2.05) is 60.7 Å². The molecule has 13 N–H and O–H groups in total. The van der Waals surface area contributed by atoms with Crippen molar-refractivity contribution in [2.45, 2.75) is 169 Å². The number of aromatic nitrogens is 4. The van der Waals surface area contributed by atoms with Gasteiger partial charge in [0.1, 0.15) is 23.5 Å². The van der Waals surface area contributed by atoms with Gasteiger partial charge in [-0.3, -0.25) is 16.0 Å². The lowest BCUT2D eigenvalue weighted by molar-refractivity contribution is -0.0122. The third kappa shape index (κ3) is 8.78. The fraction of sp³-hybridized carbons (Fsp3) is 0.484. The van der Waals surface area contributed by atoms with E-state index in [1.165, 1.54) is 5.56 Å². The molecular weight excluding hydrogens is 973 g/mol. The highest BCUT2D eigenvalue weighted by Crippen LogP contribution is 2.45. The van der Waals surface area contributed by atoms with E-state index < -0.39 is 12.2 Å². The van der Waals surface area contributed by atoms with Gasteiger partial charge in [-0.2, -0.15) is 0 Å². The highest BCUT2D eigenvalue weighted by Gasteiger charge is 2.49. The lowest BCUT2D eigenvalue weighted by Crippen LogP contribution is -2.56. The molecular formula is C64H76N10O4. The number of allylic oxidation sites excluding steroid dienone is 4. The zero-order chi connectivity index (χ0) is 52.2. The molecule has 5 aromatic rings. The van der Waals surface area contributed by atoms with E-state index in [1.54, 1.807) is 0 Å². The molecule has 406 valence electrons. The lowest BCUT2D eigenvalue weighted by Gasteiger charge is -2.42. The molecule has 14 nitrogen and oxygen atoms in total. The fourth-order valence-corrected chi connectivity index (χ4v) is 16.8. The maximum atomic E-state index is 12.4. The van der Waals surface area contributed by atoms with Crippen LogP contribution >= 0.6 is 0 Å². The lowest BCUT2D eigenvalue weighted by atomic mass is 9.72. The molecule has 10 heterocycles. The van der Waals surface area contributed by atoms with Crippen molar-refractivity contribution in [2.75, 3.05) is 0 Å². The molecule has 15 rings (SSSR count). The predicted octanol–water partition coefficient (Wildman–Crippen LogP) is 4.48. The van der Waals surface area contributed by atoms with Crippen LogP contribution in [0.25, 0.3) is 27.9 Å². The van der Waals surface area contributed by atoms with Gasteiger partial charge in [-0.1, -0.05) is 73.6 Å². The van der Waals surface area contributed by atoms with Crippen molar-refractivity contribution < 1.29 is 20.4 Å². The molecule has 14 heteroatoms. The monoisotopic (exact) mass is 1050 g/mol. The van der Waals surface area contributed by atoms with Crippen molar-refractivity contribution in [1.82, 2.24) is 46.5 Å². The van der Waals surface area contributed by atoms with Crippen LogP contribution in [0.5, 0.6) is 0 Å². The molecule has 0 spiro atoms. The predicted molar refractivity (Wildman–Crippen MR) is 303 cm³/mol. The van der Waals surface area contributed by atoms with Gasteiger partial charge in [-0.15, -0.1) is 0 Å². The standard InChI is InChI=1S/C64H76N10O4/c75-61-35-5-1-9-39(61)47-25-29-55(69-47)73-56-30-26-48(70-56)40-10-2-6-36(62(40)76)44-18-22-52(66-44)59(51-21-17-43(35)65-51)33-13-15-34(16-14-33)60-53-23-19-45(67-53)37-7-3-11-41(63(37)77)49-27-31-57(71-49)74-58-32-28-50(72-58)42-12-4-8-38(64(42)78)46-20-24-54(60)68-46/h1-2,5-6,9-10,13-18,21-22,25-26,29-30,37-38,41-42,45-46,49-50,53-54,57-58,60-68,71-72,74-78H,3-4,7-8,11-12,19-20,23-24,27-28,31-32H2,(H2,69,70,73). The Morgan fingerprint density at radius 2 is 0.910 bits per heavy atom. The molecule has 24 bridgehead atoms. The van der Waals surface area contributed by atoms with E-state index in [0.717, 1.165) is 156 Å². The Hall–Kier alpha value is -5.65. The first-order chi connectivity index (χ1) is 38.2. The Bertz CT molecular complexity index is 3410.